The first-order chi connectivity index (χ1) is 7.05. The van der Waals surface area contributed by atoms with E-state index < -0.39 is 0 Å². The zero-order valence-corrected chi connectivity index (χ0v) is 14.4. The minimum atomic E-state index is 0. The van der Waals surface area contributed by atoms with Gasteiger partial charge >= 0.3 is 21.7 Å². The van der Waals surface area contributed by atoms with Crippen LogP contribution in [0.3, 0.4) is 0 Å². The smallest absolute Gasteiger partial charge is 0.358 e. The predicted octanol–water partition coefficient (Wildman–Crippen LogP) is 4.89. The topological polar surface area (TPSA) is 0 Å². The third kappa shape index (κ3) is 6.24. The van der Waals surface area contributed by atoms with Gasteiger partial charge in [-0.1, -0.05) is 34.6 Å². The molecule has 2 saturated carbocycles. The number of hydrogen-bond donors (Lipinski definition) is 0. The normalized spacial score (nSPS) is 22.5. The standard InChI is InChI=1S/C10H15.C5H5.2CH3.Ti/c1-6-7(2)9(4)10(5)8(6)3;1-2-4-5-3-1;;;/h1-5H3;1-5H;2*1H3;/q;;2*-1;+4. The molecular weight excluding hydrogens is 252 g/mol. The van der Waals surface area contributed by atoms with Gasteiger partial charge < -0.3 is 14.9 Å². The van der Waals surface area contributed by atoms with Gasteiger partial charge in [-0.25, -0.2) is 0 Å². The van der Waals surface area contributed by atoms with Gasteiger partial charge in [0.2, 0.25) is 0 Å². The second-order valence-electron chi connectivity index (χ2n) is 4.09. The van der Waals surface area contributed by atoms with Crippen molar-refractivity contribution >= 4 is 0 Å². The van der Waals surface area contributed by atoms with Gasteiger partial charge in [-0.3, -0.25) is 0 Å². The van der Waals surface area contributed by atoms with E-state index in [2.05, 4.69) is 34.6 Å². The van der Waals surface area contributed by atoms with E-state index >= 15 is 0 Å². The maximum absolute atomic E-state index is 2.20. The van der Waals surface area contributed by atoms with Crippen molar-refractivity contribution in [3.63, 3.8) is 0 Å². The van der Waals surface area contributed by atoms with Crippen LogP contribution in [0.5, 0.6) is 0 Å². The van der Waals surface area contributed by atoms with Crippen LogP contribution in [0.25, 0.3) is 0 Å². The average Bonchev–Trinajstić information content (AvgIpc) is 2.86. The minimum Gasteiger partial charge on any atom is -0.358 e. The third-order valence-electron chi connectivity index (χ3n) is 3.37. The molecule has 1 heteroatoms. The van der Waals surface area contributed by atoms with Crippen molar-refractivity contribution in [1.82, 2.24) is 0 Å². The maximum atomic E-state index is 2.20. The van der Waals surface area contributed by atoms with Gasteiger partial charge in [0.05, 0.1) is 0 Å². The van der Waals surface area contributed by atoms with Crippen LogP contribution in [0.1, 0.15) is 34.6 Å². The van der Waals surface area contributed by atoms with Crippen LogP contribution in [0.4, 0.5) is 0 Å². The summed E-state index contributed by atoms with van der Waals surface area (Å²) in [5.74, 6) is 7.34. The van der Waals surface area contributed by atoms with E-state index in [0.29, 0.717) is 0 Å². The molecule has 0 heterocycles. The Balaban J connectivity index is -0.000000245. The molecular formula is C17H26Ti+2. The first-order valence-corrected chi connectivity index (χ1v) is 5.42. The summed E-state index contributed by atoms with van der Waals surface area (Å²) in [5, 5.41) is 0. The Kier molecular flexibility index (Phi) is 15.2. The fourth-order valence-electron chi connectivity index (χ4n) is 1.73. The molecule has 0 nitrogen and oxygen atoms in total. The fourth-order valence-corrected chi connectivity index (χ4v) is 1.73. The summed E-state index contributed by atoms with van der Waals surface area (Å²) in [4.78, 5) is 0. The molecule has 18 heavy (non-hydrogen) atoms. The van der Waals surface area contributed by atoms with Crippen molar-refractivity contribution in [2.45, 2.75) is 34.6 Å². The SMILES string of the molecule is C[C]1[C](C)[C](C)[C](C)[C]1C.[CH3-].[CH3-].[CH]1[CH][CH][CH][CH]1.[Ti+4]. The first-order valence-electron chi connectivity index (χ1n) is 5.42. The molecule has 0 saturated heterocycles. The van der Waals surface area contributed by atoms with Gasteiger partial charge in [-0.05, 0) is 61.7 Å². The quantitative estimate of drug-likeness (QED) is 0.437. The summed E-state index contributed by atoms with van der Waals surface area (Å²) in [6.45, 7) is 11.0. The second kappa shape index (κ2) is 11.5. The van der Waals surface area contributed by atoms with Crippen LogP contribution in [-0.2, 0) is 21.7 Å². The van der Waals surface area contributed by atoms with E-state index in [0.717, 1.165) is 0 Å². The summed E-state index contributed by atoms with van der Waals surface area (Å²) in [6, 6.07) is 0. The molecule has 2 aliphatic rings. The summed E-state index contributed by atoms with van der Waals surface area (Å²) in [5.41, 5.74) is 0. The monoisotopic (exact) mass is 278 g/mol. The fraction of sp³-hybridized carbons (Fsp3) is 0.294. The molecule has 0 unspecified atom stereocenters. The van der Waals surface area contributed by atoms with Gasteiger partial charge in [0.25, 0.3) is 0 Å². The molecule has 0 aliphatic heterocycles. The van der Waals surface area contributed by atoms with Crippen LogP contribution in [0.15, 0.2) is 0 Å². The van der Waals surface area contributed by atoms with Crippen molar-refractivity contribution in [2.24, 2.45) is 0 Å². The average molecular weight is 278 g/mol. The van der Waals surface area contributed by atoms with E-state index in [1.807, 2.05) is 32.1 Å². The van der Waals surface area contributed by atoms with Gasteiger partial charge in [0, 0.05) is 0 Å². The Labute approximate surface area is 133 Å². The maximum Gasteiger partial charge on any atom is 4.00 e. The Morgan fingerprint density at radius 1 is 0.444 bits per heavy atom. The molecule has 96 valence electrons. The number of hydrogen-bond acceptors (Lipinski definition) is 0. The predicted molar refractivity (Wildman–Crippen MR) is 78.9 cm³/mol. The van der Waals surface area contributed by atoms with Crippen LogP contribution in [0.2, 0.25) is 0 Å². The van der Waals surface area contributed by atoms with Crippen molar-refractivity contribution in [3.05, 3.63) is 76.5 Å². The molecule has 2 fully saturated rings. The van der Waals surface area contributed by atoms with Crippen molar-refractivity contribution in [3.8, 4) is 0 Å². The molecule has 0 spiro atoms. The molecule has 10 radical (unpaired) electrons. The van der Waals surface area contributed by atoms with Crippen LogP contribution < -0.4 is 0 Å². The third-order valence-corrected chi connectivity index (χ3v) is 3.37. The molecule has 0 aromatic rings. The first kappa shape index (κ1) is 23.8. The summed E-state index contributed by atoms with van der Waals surface area (Å²) < 4.78 is 0. The largest absolute Gasteiger partial charge is 4.00 e. The molecule has 0 aromatic heterocycles. The molecule has 0 aromatic carbocycles. The molecule has 0 N–H and O–H groups in total. The zero-order chi connectivity index (χ0) is 11.4. The van der Waals surface area contributed by atoms with Gasteiger partial charge in [-0.15, -0.1) is 0 Å². The molecule has 2 aliphatic carbocycles. The van der Waals surface area contributed by atoms with E-state index in [1.165, 1.54) is 29.6 Å². The Morgan fingerprint density at radius 3 is 0.667 bits per heavy atom. The Morgan fingerprint density at radius 2 is 0.556 bits per heavy atom. The van der Waals surface area contributed by atoms with E-state index in [9.17, 15) is 0 Å². The van der Waals surface area contributed by atoms with Crippen molar-refractivity contribution < 1.29 is 21.7 Å². The molecule has 2 rings (SSSR count). The van der Waals surface area contributed by atoms with Crippen LogP contribution in [-0.4, -0.2) is 0 Å². The zero-order valence-electron chi connectivity index (χ0n) is 12.9. The van der Waals surface area contributed by atoms with Gasteiger partial charge in [0.1, 0.15) is 0 Å². The van der Waals surface area contributed by atoms with Gasteiger partial charge in [-0.2, -0.15) is 0 Å². The molecule has 0 bridgehead atoms. The van der Waals surface area contributed by atoms with Crippen LogP contribution in [0, 0.1) is 76.5 Å². The van der Waals surface area contributed by atoms with Gasteiger partial charge in [0.15, 0.2) is 0 Å². The summed E-state index contributed by atoms with van der Waals surface area (Å²) in [6.07, 6.45) is 10.0. The van der Waals surface area contributed by atoms with Crippen molar-refractivity contribution in [2.75, 3.05) is 0 Å². The van der Waals surface area contributed by atoms with E-state index in [-0.39, 0.29) is 36.6 Å². The summed E-state index contributed by atoms with van der Waals surface area (Å²) >= 11 is 0. The van der Waals surface area contributed by atoms with E-state index in [4.69, 9.17) is 0 Å². The summed E-state index contributed by atoms with van der Waals surface area (Å²) in [7, 11) is 0. The Hall–Kier alpha value is 0.714. The second-order valence-corrected chi connectivity index (χ2v) is 4.09. The van der Waals surface area contributed by atoms with Crippen LogP contribution >= 0.6 is 0 Å². The molecule has 0 atom stereocenters. The Bertz CT molecular complexity index is 122. The van der Waals surface area contributed by atoms with Crippen molar-refractivity contribution in [1.29, 1.82) is 0 Å². The van der Waals surface area contributed by atoms with E-state index in [1.54, 1.807) is 0 Å². The molecule has 0 amide bonds. The minimum absolute atomic E-state index is 0. The number of rotatable bonds is 0.